The monoisotopic (exact) mass is 356 g/mol. The molecule has 2 bridgehead atoms. The molecule has 0 aliphatic carbocycles. The zero-order valence-corrected chi connectivity index (χ0v) is 13.7. The first-order chi connectivity index (χ1) is 11.4. The van der Waals surface area contributed by atoms with Crippen molar-refractivity contribution in [3.05, 3.63) is 34.6 Å². The number of halogens is 2. The van der Waals surface area contributed by atoms with Gasteiger partial charge in [-0.2, -0.15) is 0 Å². The van der Waals surface area contributed by atoms with E-state index in [-0.39, 0.29) is 35.0 Å². The van der Waals surface area contributed by atoms with Gasteiger partial charge in [0.25, 0.3) is 5.91 Å². The second kappa shape index (κ2) is 7.04. The second-order valence-corrected chi connectivity index (χ2v) is 6.70. The lowest BCUT2D eigenvalue weighted by atomic mass is 10.1. The molecule has 2 saturated heterocycles. The molecule has 8 heteroatoms. The summed E-state index contributed by atoms with van der Waals surface area (Å²) in [6.45, 7) is 2.16. The maximum Gasteiger partial charge on any atom is 0.317 e. The molecule has 24 heavy (non-hydrogen) atoms. The molecule has 1 amide bonds. The summed E-state index contributed by atoms with van der Waals surface area (Å²) in [7, 11) is 0. The number of fused-ring (bicyclic) bond motifs is 3. The smallest absolute Gasteiger partial charge is 0.317 e. The standard InChI is InChI=1S/C16H18ClFN2O4/c17-12-1-11(2-13(18)3-12)16(23)20-5-10-4-19(7-15(21)22)6-14(20)9-24-8-10/h1-3,10,14H,4-9H2,(H,21,22)/t10-,14-/m0/s1. The number of amides is 1. The summed E-state index contributed by atoms with van der Waals surface area (Å²) in [5, 5.41) is 9.19. The summed E-state index contributed by atoms with van der Waals surface area (Å²) in [6.07, 6.45) is 0. The lowest BCUT2D eigenvalue weighted by Crippen LogP contribution is -2.47. The van der Waals surface area contributed by atoms with Crippen LogP contribution in [0, 0.1) is 11.7 Å². The van der Waals surface area contributed by atoms with Gasteiger partial charge < -0.3 is 14.7 Å². The van der Waals surface area contributed by atoms with Gasteiger partial charge in [0.1, 0.15) is 5.82 Å². The lowest BCUT2D eigenvalue weighted by molar-refractivity contribution is -0.138. The van der Waals surface area contributed by atoms with Crippen molar-refractivity contribution >= 4 is 23.5 Å². The van der Waals surface area contributed by atoms with Crippen molar-refractivity contribution in [2.75, 3.05) is 39.4 Å². The van der Waals surface area contributed by atoms with E-state index in [2.05, 4.69) is 0 Å². The van der Waals surface area contributed by atoms with Crippen LogP contribution in [0.15, 0.2) is 18.2 Å². The van der Waals surface area contributed by atoms with E-state index in [1.54, 1.807) is 4.90 Å². The minimum absolute atomic E-state index is 0.0184. The molecule has 3 rings (SSSR count). The highest BCUT2D eigenvalue weighted by atomic mass is 35.5. The van der Waals surface area contributed by atoms with Crippen molar-refractivity contribution in [2.45, 2.75) is 6.04 Å². The molecular formula is C16H18ClFN2O4. The van der Waals surface area contributed by atoms with E-state index in [1.165, 1.54) is 12.1 Å². The Bertz CT molecular complexity index is 637. The van der Waals surface area contributed by atoms with Crippen molar-refractivity contribution in [1.82, 2.24) is 9.80 Å². The number of carboxylic acid groups (broad SMARTS) is 1. The highest BCUT2D eigenvalue weighted by molar-refractivity contribution is 6.31. The zero-order chi connectivity index (χ0) is 17.3. The van der Waals surface area contributed by atoms with Gasteiger partial charge in [-0.05, 0) is 18.2 Å². The fourth-order valence-corrected chi connectivity index (χ4v) is 3.57. The molecule has 0 aromatic heterocycles. The first-order valence-electron chi connectivity index (χ1n) is 7.71. The maximum absolute atomic E-state index is 13.6. The average molecular weight is 357 g/mol. The average Bonchev–Trinajstić information content (AvgIpc) is 2.75. The van der Waals surface area contributed by atoms with Crippen LogP contribution in [0.25, 0.3) is 0 Å². The quantitative estimate of drug-likeness (QED) is 0.885. The van der Waals surface area contributed by atoms with Crippen LogP contribution in [0.3, 0.4) is 0 Å². The third-order valence-corrected chi connectivity index (χ3v) is 4.49. The van der Waals surface area contributed by atoms with Gasteiger partial charge in [0, 0.05) is 36.1 Å². The molecule has 2 fully saturated rings. The van der Waals surface area contributed by atoms with Gasteiger partial charge in [0.05, 0.1) is 25.8 Å². The summed E-state index contributed by atoms with van der Waals surface area (Å²) in [5.74, 6) is -1.75. The number of carbonyl (C=O) groups excluding carboxylic acids is 1. The van der Waals surface area contributed by atoms with Gasteiger partial charge in [-0.25, -0.2) is 4.39 Å². The number of nitrogens with zero attached hydrogens (tertiary/aromatic N) is 2. The number of hydrogen-bond donors (Lipinski definition) is 1. The number of carbonyl (C=O) groups is 2. The minimum atomic E-state index is -0.898. The summed E-state index contributed by atoms with van der Waals surface area (Å²) < 4.78 is 19.2. The third kappa shape index (κ3) is 3.85. The first kappa shape index (κ1) is 17.1. The number of aliphatic carboxylic acids is 1. The van der Waals surface area contributed by atoms with E-state index in [0.717, 1.165) is 6.07 Å². The predicted molar refractivity (Wildman–Crippen MR) is 84.6 cm³/mol. The second-order valence-electron chi connectivity index (χ2n) is 6.26. The van der Waals surface area contributed by atoms with Crippen molar-refractivity contribution < 1.29 is 23.8 Å². The largest absolute Gasteiger partial charge is 0.480 e. The topological polar surface area (TPSA) is 70.1 Å². The molecule has 0 radical (unpaired) electrons. The van der Waals surface area contributed by atoms with Crippen molar-refractivity contribution in [2.24, 2.45) is 5.92 Å². The highest BCUT2D eigenvalue weighted by Crippen LogP contribution is 2.23. The molecule has 2 atom stereocenters. The van der Waals surface area contributed by atoms with Crippen LogP contribution in [0.1, 0.15) is 10.4 Å². The van der Waals surface area contributed by atoms with Gasteiger partial charge in [0.2, 0.25) is 0 Å². The van der Waals surface area contributed by atoms with Gasteiger partial charge in [-0.3, -0.25) is 14.5 Å². The first-order valence-corrected chi connectivity index (χ1v) is 8.09. The Morgan fingerprint density at radius 3 is 2.75 bits per heavy atom. The Morgan fingerprint density at radius 1 is 1.25 bits per heavy atom. The van der Waals surface area contributed by atoms with Crippen LogP contribution >= 0.6 is 11.6 Å². The molecule has 2 heterocycles. The van der Waals surface area contributed by atoms with E-state index in [1.807, 2.05) is 4.90 Å². The Labute approximate surface area is 143 Å². The Balaban J connectivity index is 1.84. The number of rotatable bonds is 3. The van der Waals surface area contributed by atoms with Crippen molar-refractivity contribution in [3.63, 3.8) is 0 Å². The Hall–Kier alpha value is -1.70. The molecule has 1 aromatic carbocycles. The molecule has 0 unspecified atom stereocenters. The summed E-state index contributed by atoms with van der Waals surface area (Å²) in [5.41, 5.74) is 0.192. The number of carboxylic acids is 1. The highest BCUT2D eigenvalue weighted by Gasteiger charge is 2.36. The van der Waals surface area contributed by atoms with Gasteiger partial charge in [0.15, 0.2) is 0 Å². The van der Waals surface area contributed by atoms with Crippen molar-refractivity contribution in [1.29, 1.82) is 0 Å². The van der Waals surface area contributed by atoms with Crippen LogP contribution in [0.5, 0.6) is 0 Å². The van der Waals surface area contributed by atoms with Crippen LogP contribution < -0.4 is 0 Å². The molecule has 0 saturated carbocycles. The number of ether oxygens (including phenoxy) is 1. The minimum Gasteiger partial charge on any atom is -0.480 e. The van der Waals surface area contributed by atoms with Gasteiger partial charge >= 0.3 is 5.97 Å². The maximum atomic E-state index is 13.6. The van der Waals surface area contributed by atoms with E-state index < -0.39 is 11.8 Å². The molecule has 130 valence electrons. The molecule has 2 aliphatic heterocycles. The molecule has 1 N–H and O–H groups in total. The van der Waals surface area contributed by atoms with Crippen LogP contribution in [0.2, 0.25) is 5.02 Å². The number of hydrogen-bond acceptors (Lipinski definition) is 4. The van der Waals surface area contributed by atoms with Crippen molar-refractivity contribution in [3.8, 4) is 0 Å². The zero-order valence-electron chi connectivity index (χ0n) is 13.0. The van der Waals surface area contributed by atoms with Crippen LogP contribution in [-0.2, 0) is 9.53 Å². The molecule has 6 nitrogen and oxygen atoms in total. The van der Waals surface area contributed by atoms with Gasteiger partial charge in [-0.1, -0.05) is 11.6 Å². The molecule has 1 aromatic rings. The van der Waals surface area contributed by atoms with E-state index in [4.69, 9.17) is 21.4 Å². The predicted octanol–water partition coefficient (Wildman–Crippen LogP) is 1.34. The van der Waals surface area contributed by atoms with Crippen LogP contribution in [0.4, 0.5) is 4.39 Å². The van der Waals surface area contributed by atoms with E-state index in [0.29, 0.717) is 32.8 Å². The normalized spacial score (nSPS) is 24.5. The fourth-order valence-electron chi connectivity index (χ4n) is 3.35. The summed E-state index contributed by atoms with van der Waals surface area (Å²) >= 11 is 5.85. The number of benzene rings is 1. The van der Waals surface area contributed by atoms with Gasteiger partial charge in [-0.15, -0.1) is 0 Å². The van der Waals surface area contributed by atoms with E-state index in [9.17, 15) is 14.0 Å². The summed E-state index contributed by atoms with van der Waals surface area (Å²) in [6, 6.07) is 3.49. The fraction of sp³-hybridized carbons (Fsp3) is 0.500. The van der Waals surface area contributed by atoms with E-state index >= 15 is 0 Å². The molecule has 0 spiro atoms. The summed E-state index contributed by atoms with van der Waals surface area (Å²) in [4.78, 5) is 27.3. The Kier molecular flexibility index (Phi) is 5.03. The lowest BCUT2D eigenvalue weighted by Gasteiger charge is -2.30. The molecular weight excluding hydrogens is 339 g/mol. The SMILES string of the molecule is O=C(O)CN1C[C@@H]2COC[C@H](C1)N(C(=O)c1cc(F)cc(Cl)c1)C2. The van der Waals surface area contributed by atoms with Crippen LogP contribution in [-0.4, -0.2) is 72.2 Å². The molecule has 2 aliphatic rings. The Morgan fingerprint density at radius 2 is 2.04 bits per heavy atom. The third-order valence-electron chi connectivity index (χ3n) is 4.27.